The molecule has 35 heavy (non-hydrogen) atoms. The molecule has 0 aromatic heterocycles. The second-order valence-corrected chi connectivity index (χ2v) is 9.69. The minimum absolute atomic E-state index is 0.112. The molecule has 0 spiro atoms. The Kier molecular flexibility index (Phi) is 5.46. The largest absolute Gasteiger partial charge is 0.489 e. The molecule has 4 aromatic carbocycles. The van der Waals surface area contributed by atoms with Gasteiger partial charge in [-0.3, -0.25) is 0 Å². The van der Waals surface area contributed by atoms with Gasteiger partial charge >= 0.3 is 5.97 Å². The molecule has 2 aliphatic rings. The summed E-state index contributed by atoms with van der Waals surface area (Å²) in [6.45, 7) is 0.484. The normalized spacial score (nSPS) is 19.7. The number of benzene rings is 4. The monoisotopic (exact) mass is 481 g/mol. The van der Waals surface area contributed by atoms with Gasteiger partial charge in [-0.25, -0.2) is 4.79 Å². The molecule has 0 fully saturated rings. The quantitative estimate of drug-likeness (QED) is 0.319. The van der Waals surface area contributed by atoms with Gasteiger partial charge in [0.05, 0.1) is 11.6 Å². The summed E-state index contributed by atoms with van der Waals surface area (Å²) in [7, 11) is 0. The van der Waals surface area contributed by atoms with E-state index in [1.807, 2.05) is 48.5 Å². The van der Waals surface area contributed by atoms with E-state index in [-0.39, 0.29) is 12.0 Å². The standard InChI is InChI=1S/C30H24ClNO3/c31-22-10-5-18(6-11-22)17-35-23-12-7-19(8-13-23)29-26-15-20-3-1-2-4-24(20)28(26)25-16-21(30(33)34)9-14-27(25)32-29/h1-14,16,26,28-29,32H,15,17H2,(H,33,34)/t26-,28+,29+/m1/s1. The van der Waals surface area contributed by atoms with Crippen LogP contribution in [0.25, 0.3) is 0 Å². The zero-order chi connectivity index (χ0) is 23.9. The summed E-state index contributed by atoms with van der Waals surface area (Å²) in [6, 6.07) is 30.1. The molecule has 2 N–H and O–H groups in total. The molecule has 4 nitrogen and oxygen atoms in total. The number of nitrogens with one attached hydrogen (secondary N) is 1. The highest BCUT2D eigenvalue weighted by molar-refractivity contribution is 6.30. The fourth-order valence-electron chi connectivity index (χ4n) is 5.54. The molecule has 174 valence electrons. The number of hydrogen-bond donors (Lipinski definition) is 2. The predicted molar refractivity (Wildman–Crippen MR) is 137 cm³/mol. The highest BCUT2D eigenvalue weighted by atomic mass is 35.5. The number of rotatable bonds is 5. The third kappa shape index (κ3) is 4.04. The summed E-state index contributed by atoms with van der Waals surface area (Å²) in [4.78, 5) is 11.7. The number of fused-ring (bicyclic) bond motifs is 5. The van der Waals surface area contributed by atoms with Crippen molar-refractivity contribution in [2.75, 3.05) is 5.32 Å². The van der Waals surface area contributed by atoms with Gasteiger partial charge in [-0.05, 0) is 82.6 Å². The van der Waals surface area contributed by atoms with E-state index in [1.54, 1.807) is 6.07 Å². The van der Waals surface area contributed by atoms with Crippen LogP contribution < -0.4 is 10.1 Å². The van der Waals surface area contributed by atoms with Gasteiger partial charge in [0, 0.05) is 16.6 Å². The van der Waals surface area contributed by atoms with E-state index in [0.29, 0.717) is 23.1 Å². The van der Waals surface area contributed by atoms with Gasteiger partial charge in [-0.15, -0.1) is 0 Å². The predicted octanol–water partition coefficient (Wildman–Crippen LogP) is 7.09. The van der Waals surface area contributed by atoms with Gasteiger partial charge < -0.3 is 15.2 Å². The first kappa shape index (κ1) is 21.8. The van der Waals surface area contributed by atoms with E-state index >= 15 is 0 Å². The van der Waals surface area contributed by atoms with Crippen LogP contribution in [0, 0.1) is 5.92 Å². The van der Waals surface area contributed by atoms with Crippen molar-refractivity contribution in [2.45, 2.75) is 25.0 Å². The van der Waals surface area contributed by atoms with Crippen LogP contribution >= 0.6 is 11.6 Å². The smallest absolute Gasteiger partial charge is 0.335 e. The molecule has 4 aromatic rings. The molecule has 1 aliphatic carbocycles. The molecular weight excluding hydrogens is 458 g/mol. The number of carbonyl (C=O) groups is 1. The Labute approximate surface area is 209 Å². The summed E-state index contributed by atoms with van der Waals surface area (Å²) in [5.74, 6) is 0.376. The number of aromatic carboxylic acids is 1. The molecule has 0 bridgehead atoms. The van der Waals surface area contributed by atoms with E-state index in [4.69, 9.17) is 16.3 Å². The van der Waals surface area contributed by atoms with Gasteiger partial charge in [0.25, 0.3) is 0 Å². The Balaban J connectivity index is 1.29. The van der Waals surface area contributed by atoms with Crippen LogP contribution in [0.1, 0.15) is 50.1 Å². The van der Waals surface area contributed by atoms with Crippen LogP contribution in [0.15, 0.2) is 91.0 Å². The summed E-state index contributed by atoms with van der Waals surface area (Å²) in [6.07, 6.45) is 0.948. The molecule has 6 rings (SSSR count). The number of hydrogen-bond acceptors (Lipinski definition) is 3. The fraction of sp³-hybridized carbons (Fsp3) is 0.167. The van der Waals surface area contributed by atoms with Crippen molar-refractivity contribution in [3.63, 3.8) is 0 Å². The lowest BCUT2D eigenvalue weighted by Gasteiger charge is -2.38. The Morgan fingerprint density at radius 2 is 1.71 bits per heavy atom. The van der Waals surface area contributed by atoms with Crippen molar-refractivity contribution >= 4 is 23.3 Å². The van der Waals surface area contributed by atoms with E-state index in [1.165, 1.54) is 16.7 Å². The highest BCUT2D eigenvalue weighted by Gasteiger charge is 2.43. The van der Waals surface area contributed by atoms with Crippen LogP contribution in [0.2, 0.25) is 5.02 Å². The topological polar surface area (TPSA) is 58.6 Å². The first-order valence-corrected chi connectivity index (χ1v) is 12.1. The molecule has 3 atom stereocenters. The third-order valence-electron chi connectivity index (χ3n) is 7.20. The Bertz CT molecular complexity index is 1400. The second kappa shape index (κ2) is 8.79. The Morgan fingerprint density at radius 3 is 2.49 bits per heavy atom. The van der Waals surface area contributed by atoms with Crippen molar-refractivity contribution in [1.82, 2.24) is 0 Å². The van der Waals surface area contributed by atoms with E-state index in [9.17, 15) is 9.90 Å². The lowest BCUT2D eigenvalue weighted by atomic mass is 9.75. The summed E-state index contributed by atoms with van der Waals surface area (Å²) < 4.78 is 5.98. The maximum Gasteiger partial charge on any atom is 0.335 e. The number of ether oxygens (including phenoxy) is 1. The lowest BCUT2D eigenvalue weighted by molar-refractivity contribution is 0.0696. The molecule has 0 amide bonds. The first-order valence-electron chi connectivity index (χ1n) is 11.8. The van der Waals surface area contributed by atoms with Crippen LogP contribution in [0.5, 0.6) is 5.75 Å². The van der Waals surface area contributed by atoms with Crippen molar-refractivity contribution < 1.29 is 14.6 Å². The Morgan fingerprint density at radius 1 is 0.943 bits per heavy atom. The molecule has 0 saturated carbocycles. The maximum atomic E-state index is 11.7. The van der Waals surface area contributed by atoms with E-state index < -0.39 is 5.97 Å². The molecule has 0 radical (unpaired) electrons. The van der Waals surface area contributed by atoms with Crippen molar-refractivity contribution in [3.05, 3.63) is 129 Å². The molecule has 0 unspecified atom stereocenters. The molecule has 1 aliphatic heterocycles. The minimum atomic E-state index is -0.896. The molecular formula is C30H24ClNO3. The summed E-state index contributed by atoms with van der Waals surface area (Å²) >= 11 is 5.97. The summed E-state index contributed by atoms with van der Waals surface area (Å²) in [5, 5.41) is 14.0. The second-order valence-electron chi connectivity index (χ2n) is 9.26. The van der Waals surface area contributed by atoms with Crippen LogP contribution in [0.4, 0.5) is 5.69 Å². The van der Waals surface area contributed by atoms with Crippen LogP contribution in [-0.4, -0.2) is 11.1 Å². The summed E-state index contributed by atoms with van der Waals surface area (Å²) in [5.41, 5.74) is 7.30. The fourth-order valence-corrected chi connectivity index (χ4v) is 5.67. The SMILES string of the molecule is O=C(O)c1ccc2c(c1)[C@@H]1c3ccccc3C[C@H]1[C@H](c1ccc(OCc3ccc(Cl)cc3)cc1)N2. The average Bonchev–Trinajstić information content (AvgIpc) is 3.28. The number of anilines is 1. The van der Waals surface area contributed by atoms with Gasteiger partial charge in [0.2, 0.25) is 0 Å². The van der Waals surface area contributed by atoms with Crippen molar-refractivity contribution in [2.24, 2.45) is 5.92 Å². The van der Waals surface area contributed by atoms with Crippen molar-refractivity contribution in [1.29, 1.82) is 0 Å². The number of carboxylic acid groups (broad SMARTS) is 1. The van der Waals surface area contributed by atoms with Crippen LogP contribution in [0.3, 0.4) is 0 Å². The van der Waals surface area contributed by atoms with Gasteiger partial charge in [0.15, 0.2) is 0 Å². The highest BCUT2D eigenvalue weighted by Crippen LogP contribution is 2.54. The molecule has 5 heteroatoms. The number of carboxylic acids is 1. The maximum absolute atomic E-state index is 11.7. The minimum Gasteiger partial charge on any atom is -0.489 e. The van der Waals surface area contributed by atoms with Gasteiger partial charge in [-0.2, -0.15) is 0 Å². The number of halogens is 1. The lowest BCUT2D eigenvalue weighted by Crippen LogP contribution is -2.30. The first-order chi connectivity index (χ1) is 17.1. The molecule has 0 saturated heterocycles. The Hall–Kier alpha value is -3.76. The molecule has 1 heterocycles. The third-order valence-corrected chi connectivity index (χ3v) is 7.46. The van der Waals surface area contributed by atoms with E-state index in [2.05, 4.69) is 41.7 Å². The zero-order valence-electron chi connectivity index (χ0n) is 18.9. The van der Waals surface area contributed by atoms with E-state index in [0.717, 1.165) is 29.0 Å². The van der Waals surface area contributed by atoms with Gasteiger partial charge in [-0.1, -0.05) is 60.1 Å². The van der Waals surface area contributed by atoms with Gasteiger partial charge in [0.1, 0.15) is 12.4 Å². The average molecular weight is 482 g/mol. The van der Waals surface area contributed by atoms with Crippen LogP contribution in [-0.2, 0) is 13.0 Å². The van der Waals surface area contributed by atoms with Crippen molar-refractivity contribution in [3.8, 4) is 5.75 Å². The zero-order valence-corrected chi connectivity index (χ0v) is 19.7.